The molecule has 0 spiro atoms. The Hall–Kier alpha value is -2.66. The van der Waals surface area contributed by atoms with Gasteiger partial charge in [-0.3, -0.25) is 9.59 Å². The first-order valence-electron chi connectivity index (χ1n) is 7.29. The highest BCUT2D eigenvalue weighted by Gasteiger charge is 2.34. The minimum Gasteiger partial charge on any atom is -0.507 e. The van der Waals surface area contributed by atoms with Crippen LogP contribution in [0, 0.1) is 0 Å². The molecule has 0 unspecified atom stereocenters. The quantitative estimate of drug-likeness (QED) is 0.802. The molecule has 0 saturated heterocycles. The topological polar surface area (TPSA) is 72.8 Å². The molecule has 0 aliphatic heterocycles. The molecule has 0 aromatic heterocycles. The first-order valence-corrected chi connectivity index (χ1v) is 7.29. The summed E-state index contributed by atoms with van der Waals surface area (Å²) in [6.45, 7) is 2.38. The molecule has 0 atom stereocenters. The number of benzene rings is 2. The van der Waals surface area contributed by atoms with Gasteiger partial charge < -0.3 is 14.6 Å². The van der Waals surface area contributed by atoms with Gasteiger partial charge in [0.1, 0.15) is 11.5 Å². The second-order valence-electron chi connectivity index (χ2n) is 5.17. The molecule has 1 aliphatic rings. The average molecular weight is 312 g/mol. The van der Waals surface area contributed by atoms with Gasteiger partial charge in [0, 0.05) is 23.3 Å². The predicted octanol–water partition coefficient (Wildman–Crippen LogP) is 2.71. The molecule has 118 valence electrons. The number of phenolic OH excluding ortho intramolecular Hbond substituents is 1. The zero-order valence-corrected chi connectivity index (χ0v) is 12.9. The van der Waals surface area contributed by atoms with Crippen molar-refractivity contribution in [1.29, 1.82) is 0 Å². The van der Waals surface area contributed by atoms with Crippen molar-refractivity contribution in [2.75, 3.05) is 13.7 Å². The van der Waals surface area contributed by atoms with E-state index < -0.39 is 0 Å². The molecule has 23 heavy (non-hydrogen) atoms. The first-order chi connectivity index (χ1) is 11.1. The molecule has 0 heterocycles. The van der Waals surface area contributed by atoms with Gasteiger partial charge in [0.25, 0.3) is 0 Å². The van der Waals surface area contributed by atoms with Crippen LogP contribution in [0.2, 0.25) is 0 Å². The fourth-order valence-corrected chi connectivity index (χ4v) is 2.82. The van der Waals surface area contributed by atoms with Crippen LogP contribution < -0.4 is 4.74 Å². The van der Waals surface area contributed by atoms with Crippen LogP contribution in [0.1, 0.15) is 44.3 Å². The molecule has 5 nitrogen and oxygen atoms in total. The number of rotatable bonds is 4. The van der Waals surface area contributed by atoms with E-state index in [1.54, 1.807) is 24.3 Å². The maximum absolute atomic E-state index is 12.8. The summed E-state index contributed by atoms with van der Waals surface area (Å²) in [4.78, 5) is 25.5. The van der Waals surface area contributed by atoms with Crippen molar-refractivity contribution in [2.24, 2.45) is 0 Å². The summed E-state index contributed by atoms with van der Waals surface area (Å²) in [6, 6.07) is 7.96. The number of methoxy groups -OCH3 is 1. The number of aromatic hydroxyl groups is 1. The molecule has 2 aromatic rings. The van der Waals surface area contributed by atoms with E-state index >= 15 is 0 Å². The molecule has 5 heteroatoms. The standard InChI is InChI=1S/C18H16O5/c1-3-23-9-13-14(19)8-12-15(18(13)22-2)17(21)11-7-5-4-6-10(11)16(12)20/h4-8,19H,3,9H2,1-2H3. The van der Waals surface area contributed by atoms with E-state index in [0.29, 0.717) is 23.3 Å². The van der Waals surface area contributed by atoms with Gasteiger partial charge in [0.15, 0.2) is 11.6 Å². The molecule has 0 bridgehead atoms. The van der Waals surface area contributed by atoms with E-state index in [4.69, 9.17) is 9.47 Å². The zero-order valence-electron chi connectivity index (χ0n) is 12.9. The van der Waals surface area contributed by atoms with Gasteiger partial charge in [-0.05, 0) is 13.0 Å². The van der Waals surface area contributed by atoms with Crippen molar-refractivity contribution < 1.29 is 24.2 Å². The van der Waals surface area contributed by atoms with E-state index in [1.165, 1.54) is 13.2 Å². The van der Waals surface area contributed by atoms with Gasteiger partial charge >= 0.3 is 0 Å². The van der Waals surface area contributed by atoms with Crippen molar-refractivity contribution in [3.8, 4) is 11.5 Å². The normalized spacial score (nSPS) is 12.8. The number of carbonyl (C=O) groups excluding carboxylic acids is 2. The fraction of sp³-hybridized carbons (Fsp3) is 0.222. The minimum absolute atomic E-state index is 0.0991. The van der Waals surface area contributed by atoms with Crippen LogP contribution in [0.25, 0.3) is 0 Å². The lowest BCUT2D eigenvalue weighted by atomic mass is 9.82. The van der Waals surface area contributed by atoms with Crippen molar-refractivity contribution in [1.82, 2.24) is 0 Å². The highest BCUT2D eigenvalue weighted by atomic mass is 16.5. The number of ketones is 2. The van der Waals surface area contributed by atoms with E-state index in [9.17, 15) is 14.7 Å². The molecular formula is C18H16O5. The maximum Gasteiger partial charge on any atom is 0.198 e. The van der Waals surface area contributed by atoms with Crippen molar-refractivity contribution >= 4 is 11.6 Å². The molecule has 2 aromatic carbocycles. The molecular weight excluding hydrogens is 296 g/mol. The van der Waals surface area contributed by atoms with E-state index in [-0.39, 0.29) is 40.8 Å². The highest BCUT2D eigenvalue weighted by Crippen LogP contribution is 2.40. The summed E-state index contributed by atoms with van der Waals surface area (Å²) in [5.41, 5.74) is 1.39. The molecule has 3 rings (SSSR count). The molecule has 0 fully saturated rings. The lowest BCUT2D eigenvalue weighted by Gasteiger charge is -2.22. The van der Waals surface area contributed by atoms with Crippen LogP contribution in [-0.4, -0.2) is 30.4 Å². The minimum atomic E-state index is -0.299. The molecule has 1 aliphatic carbocycles. The van der Waals surface area contributed by atoms with Gasteiger partial charge in [0.2, 0.25) is 0 Å². The SMILES string of the molecule is CCOCc1c(O)cc2c(c1OC)C(=O)c1ccccc1C2=O. The van der Waals surface area contributed by atoms with Crippen molar-refractivity contribution in [2.45, 2.75) is 13.5 Å². The lowest BCUT2D eigenvalue weighted by Crippen LogP contribution is -2.22. The zero-order chi connectivity index (χ0) is 16.6. The number of fused-ring (bicyclic) bond motifs is 2. The number of carbonyl (C=O) groups is 2. The number of hydrogen-bond donors (Lipinski definition) is 1. The van der Waals surface area contributed by atoms with Crippen LogP contribution >= 0.6 is 0 Å². The van der Waals surface area contributed by atoms with Gasteiger partial charge in [-0.1, -0.05) is 24.3 Å². The van der Waals surface area contributed by atoms with Crippen molar-refractivity contribution in [3.05, 3.63) is 58.1 Å². The van der Waals surface area contributed by atoms with Crippen LogP contribution in [0.15, 0.2) is 30.3 Å². The Labute approximate surface area is 133 Å². The average Bonchev–Trinajstić information content (AvgIpc) is 2.57. The Bertz CT molecular complexity index is 807. The van der Waals surface area contributed by atoms with Crippen molar-refractivity contribution in [3.63, 3.8) is 0 Å². The summed E-state index contributed by atoms with van der Waals surface area (Å²) in [5, 5.41) is 10.2. The van der Waals surface area contributed by atoms with Crippen LogP contribution in [-0.2, 0) is 11.3 Å². The number of phenols is 1. The third-order valence-corrected chi connectivity index (χ3v) is 3.90. The Morgan fingerprint density at radius 1 is 1.04 bits per heavy atom. The lowest BCUT2D eigenvalue weighted by molar-refractivity contribution is 0.0974. The number of ether oxygens (including phenoxy) is 2. The maximum atomic E-state index is 12.8. The Balaban J connectivity index is 2.26. The van der Waals surface area contributed by atoms with Gasteiger partial charge in [0.05, 0.1) is 24.8 Å². The highest BCUT2D eigenvalue weighted by molar-refractivity contribution is 6.29. The van der Waals surface area contributed by atoms with Gasteiger partial charge in [-0.15, -0.1) is 0 Å². The predicted molar refractivity (Wildman–Crippen MR) is 83.3 cm³/mol. The number of hydrogen-bond acceptors (Lipinski definition) is 5. The van der Waals surface area contributed by atoms with Gasteiger partial charge in [-0.2, -0.15) is 0 Å². The van der Waals surface area contributed by atoms with E-state index in [0.717, 1.165) is 0 Å². The van der Waals surface area contributed by atoms with Crippen LogP contribution in [0.5, 0.6) is 11.5 Å². The smallest absolute Gasteiger partial charge is 0.198 e. The summed E-state index contributed by atoms with van der Waals surface area (Å²) >= 11 is 0. The van der Waals surface area contributed by atoms with Gasteiger partial charge in [-0.25, -0.2) is 0 Å². The largest absolute Gasteiger partial charge is 0.507 e. The summed E-state index contributed by atoms with van der Waals surface area (Å²) in [7, 11) is 1.41. The molecule has 1 N–H and O–H groups in total. The molecule has 0 radical (unpaired) electrons. The Morgan fingerprint density at radius 3 is 2.30 bits per heavy atom. The summed E-state index contributed by atoms with van der Waals surface area (Å²) in [5.74, 6) is -0.507. The van der Waals surface area contributed by atoms with E-state index in [1.807, 2.05) is 6.92 Å². The molecule has 0 amide bonds. The second-order valence-corrected chi connectivity index (χ2v) is 5.17. The van der Waals surface area contributed by atoms with Crippen LogP contribution in [0.3, 0.4) is 0 Å². The third-order valence-electron chi connectivity index (χ3n) is 3.90. The fourth-order valence-electron chi connectivity index (χ4n) is 2.82. The first kappa shape index (κ1) is 15.2. The molecule has 0 saturated carbocycles. The second kappa shape index (κ2) is 5.85. The Morgan fingerprint density at radius 2 is 1.70 bits per heavy atom. The summed E-state index contributed by atoms with van der Waals surface area (Å²) < 4.78 is 10.7. The van der Waals surface area contributed by atoms with Crippen LogP contribution in [0.4, 0.5) is 0 Å². The third kappa shape index (κ3) is 2.29. The summed E-state index contributed by atoms with van der Waals surface area (Å²) in [6.07, 6.45) is 0. The Kier molecular flexibility index (Phi) is 3.88. The van der Waals surface area contributed by atoms with E-state index in [2.05, 4.69) is 0 Å². The monoisotopic (exact) mass is 312 g/mol.